The molecule has 18 heavy (non-hydrogen) atoms. The molecule has 2 rings (SSSR count). The predicted molar refractivity (Wildman–Crippen MR) is 75.1 cm³/mol. The van der Waals surface area contributed by atoms with E-state index < -0.39 is 0 Å². The number of hydrogen-bond donors (Lipinski definition) is 1. The SMILES string of the molecule is COC(=O)C1CSC(C)C(c2cccc(Cl)c2)N1. The first-order valence-electron chi connectivity index (χ1n) is 5.82. The molecule has 98 valence electrons. The maximum absolute atomic E-state index is 11.6. The zero-order chi connectivity index (χ0) is 13.1. The number of rotatable bonds is 2. The molecule has 0 saturated carbocycles. The number of benzene rings is 1. The van der Waals surface area contributed by atoms with Gasteiger partial charge in [-0.25, -0.2) is 0 Å². The molecule has 1 aliphatic rings. The molecule has 0 aromatic heterocycles. The highest BCUT2D eigenvalue weighted by molar-refractivity contribution is 8.00. The maximum atomic E-state index is 11.6. The molecular formula is C13H16ClNO2S. The number of nitrogens with one attached hydrogen (secondary N) is 1. The normalized spacial score (nSPS) is 27.8. The number of halogens is 1. The number of carbonyl (C=O) groups excluding carboxylic acids is 1. The molecule has 5 heteroatoms. The summed E-state index contributed by atoms with van der Waals surface area (Å²) in [6, 6.07) is 7.62. The van der Waals surface area contributed by atoms with Crippen molar-refractivity contribution in [3.63, 3.8) is 0 Å². The Balaban J connectivity index is 2.17. The first kappa shape index (κ1) is 13.7. The molecule has 0 radical (unpaired) electrons. The Labute approximate surface area is 116 Å². The Morgan fingerprint density at radius 2 is 2.33 bits per heavy atom. The maximum Gasteiger partial charge on any atom is 0.323 e. The lowest BCUT2D eigenvalue weighted by atomic mass is 10.0. The van der Waals surface area contributed by atoms with Crippen LogP contribution in [-0.2, 0) is 9.53 Å². The van der Waals surface area contributed by atoms with Gasteiger partial charge >= 0.3 is 5.97 Å². The fraction of sp³-hybridized carbons (Fsp3) is 0.462. The lowest BCUT2D eigenvalue weighted by Gasteiger charge is -2.34. The van der Waals surface area contributed by atoms with Gasteiger partial charge in [-0.05, 0) is 17.7 Å². The van der Waals surface area contributed by atoms with Crippen LogP contribution in [0.5, 0.6) is 0 Å². The van der Waals surface area contributed by atoms with Crippen LogP contribution in [0.3, 0.4) is 0 Å². The van der Waals surface area contributed by atoms with E-state index in [0.717, 1.165) is 11.3 Å². The molecule has 0 spiro atoms. The fourth-order valence-electron chi connectivity index (χ4n) is 2.09. The molecule has 0 aliphatic carbocycles. The third kappa shape index (κ3) is 2.99. The van der Waals surface area contributed by atoms with E-state index in [0.29, 0.717) is 10.3 Å². The van der Waals surface area contributed by atoms with Crippen molar-refractivity contribution in [2.24, 2.45) is 0 Å². The van der Waals surface area contributed by atoms with Crippen LogP contribution < -0.4 is 5.32 Å². The molecule has 1 fully saturated rings. The van der Waals surface area contributed by atoms with E-state index in [1.54, 1.807) is 11.8 Å². The highest BCUT2D eigenvalue weighted by Crippen LogP contribution is 2.32. The van der Waals surface area contributed by atoms with Crippen molar-refractivity contribution in [3.05, 3.63) is 34.9 Å². The van der Waals surface area contributed by atoms with Gasteiger partial charge in [0, 0.05) is 22.1 Å². The average Bonchev–Trinajstić information content (AvgIpc) is 2.38. The van der Waals surface area contributed by atoms with Gasteiger partial charge < -0.3 is 4.74 Å². The molecule has 1 heterocycles. The third-order valence-electron chi connectivity index (χ3n) is 3.07. The van der Waals surface area contributed by atoms with E-state index in [1.165, 1.54) is 7.11 Å². The summed E-state index contributed by atoms with van der Waals surface area (Å²) in [4.78, 5) is 11.6. The number of esters is 1. The third-order valence-corrected chi connectivity index (χ3v) is 4.63. The number of ether oxygens (including phenoxy) is 1. The van der Waals surface area contributed by atoms with Crippen molar-refractivity contribution < 1.29 is 9.53 Å². The van der Waals surface area contributed by atoms with Crippen LogP contribution in [-0.4, -0.2) is 30.1 Å². The molecule has 0 amide bonds. The average molecular weight is 286 g/mol. The van der Waals surface area contributed by atoms with Crippen molar-refractivity contribution in [1.82, 2.24) is 5.32 Å². The Kier molecular flexibility index (Phi) is 4.54. The second kappa shape index (κ2) is 5.95. The van der Waals surface area contributed by atoms with Gasteiger partial charge in [0.15, 0.2) is 0 Å². The van der Waals surface area contributed by atoms with Gasteiger partial charge in [-0.1, -0.05) is 30.7 Å². The van der Waals surface area contributed by atoms with E-state index in [1.807, 2.05) is 24.3 Å². The second-order valence-electron chi connectivity index (χ2n) is 4.31. The quantitative estimate of drug-likeness (QED) is 0.848. The Morgan fingerprint density at radius 1 is 1.56 bits per heavy atom. The van der Waals surface area contributed by atoms with Gasteiger partial charge in [0.25, 0.3) is 0 Å². The molecule has 1 N–H and O–H groups in total. The van der Waals surface area contributed by atoms with Crippen LogP contribution in [0.25, 0.3) is 0 Å². The summed E-state index contributed by atoms with van der Waals surface area (Å²) in [5, 5.41) is 4.45. The summed E-state index contributed by atoms with van der Waals surface area (Å²) < 4.78 is 4.79. The molecule has 0 bridgehead atoms. The highest BCUT2D eigenvalue weighted by Gasteiger charge is 2.32. The molecule has 3 unspecified atom stereocenters. The summed E-state index contributed by atoms with van der Waals surface area (Å²) in [6.45, 7) is 2.15. The Morgan fingerprint density at radius 3 is 3.00 bits per heavy atom. The second-order valence-corrected chi connectivity index (χ2v) is 6.16. The molecular weight excluding hydrogens is 270 g/mol. The van der Waals surface area contributed by atoms with Gasteiger partial charge in [-0.3, -0.25) is 10.1 Å². The van der Waals surface area contributed by atoms with Crippen molar-refractivity contribution in [2.75, 3.05) is 12.9 Å². The summed E-state index contributed by atoms with van der Waals surface area (Å²) in [5.41, 5.74) is 1.11. The highest BCUT2D eigenvalue weighted by atomic mass is 35.5. The number of hydrogen-bond acceptors (Lipinski definition) is 4. The molecule has 1 saturated heterocycles. The largest absolute Gasteiger partial charge is 0.468 e. The topological polar surface area (TPSA) is 38.3 Å². The van der Waals surface area contributed by atoms with Crippen LogP contribution in [0.1, 0.15) is 18.5 Å². The first-order valence-corrected chi connectivity index (χ1v) is 7.25. The zero-order valence-electron chi connectivity index (χ0n) is 10.4. The minimum Gasteiger partial charge on any atom is -0.468 e. The van der Waals surface area contributed by atoms with Gasteiger partial charge in [0.2, 0.25) is 0 Å². The summed E-state index contributed by atoms with van der Waals surface area (Å²) in [7, 11) is 1.42. The monoisotopic (exact) mass is 285 g/mol. The number of thioether (sulfide) groups is 1. The zero-order valence-corrected chi connectivity index (χ0v) is 11.9. The lowest BCUT2D eigenvalue weighted by molar-refractivity contribution is -0.142. The molecule has 1 aromatic rings. The standard InChI is InChI=1S/C13H16ClNO2S/c1-8-12(9-4-3-5-10(14)6-9)15-11(7-18-8)13(16)17-2/h3-6,8,11-12,15H,7H2,1-2H3. The van der Waals surface area contributed by atoms with Gasteiger partial charge in [-0.15, -0.1) is 0 Å². The molecule has 3 atom stereocenters. The van der Waals surface area contributed by atoms with Crippen LogP contribution in [0.4, 0.5) is 0 Å². The van der Waals surface area contributed by atoms with Crippen molar-refractivity contribution in [1.29, 1.82) is 0 Å². The van der Waals surface area contributed by atoms with Gasteiger partial charge in [0.1, 0.15) is 6.04 Å². The van der Waals surface area contributed by atoms with Crippen LogP contribution in [0.2, 0.25) is 5.02 Å². The molecule has 1 aromatic carbocycles. The van der Waals surface area contributed by atoms with E-state index in [9.17, 15) is 4.79 Å². The van der Waals surface area contributed by atoms with Crippen molar-refractivity contribution in [3.8, 4) is 0 Å². The number of carbonyl (C=O) groups is 1. The summed E-state index contributed by atoms with van der Waals surface area (Å²) >= 11 is 7.78. The van der Waals surface area contributed by atoms with E-state index in [2.05, 4.69) is 12.2 Å². The smallest absolute Gasteiger partial charge is 0.323 e. The first-order chi connectivity index (χ1) is 8.61. The van der Waals surface area contributed by atoms with Crippen LogP contribution in [0.15, 0.2) is 24.3 Å². The van der Waals surface area contributed by atoms with Gasteiger partial charge in [0.05, 0.1) is 7.11 Å². The van der Waals surface area contributed by atoms with Gasteiger partial charge in [-0.2, -0.15) is 11.8 Å². The van der Waals surface area contributed by atoms with Crippen LogP contribution in [0, 0.1) is 0 Å². The van der Waals surface area contributed by atoms with Crippen molar-refractivity contribution >= 4 is 29.3 Å². The number of methoxy groups -OCH3 is 1. The summed E-state index contributed by atoms with van der Waals surface area (Å²) in [6.07, 6.45) is 0. The predicted octanol–water partition coefficient (Wildman–Crippen LogP) is 2.65. The van der Waals surface area contributed by atoms with E-state index in [4.69, 9.17) is 16.3 Å². The lowest BCUT2D eigenvalue weighted by Crippen LogP contribution is -2.48. The Bertz CT molecular complexity index is 441. The molecule has 3 nitrogen and oxygen atoms in total. The Hall–Kier alpha value is -0.710. The molecule has 1 aliphatic heterocycles. The fourth-order valence-corrected chi connectivity index (χ4v) is 3.45. The van der Waals surface area contributed by atoms with Crippen LogP contribution >= 0.6 is 23.4 Å². The minimum atomic E-state index is -0.250. The van der Waals surface area contributed by atoms with Crippen molar-refractivity contribution in [2.45, 2.75) is 24.3 Å². The van der Waals surface area contributed by atoms with E-state index in [-0.39, 0.29) is 18.1 Å². The summed E-state index contributed by atoms with van der Waals surface area (Å²) in [5.74, 6) is 0.534. The van der Waals surface area contributed by atoms with E-state index >= 15 is 0 Å². The minimum absolute atomic E-state index is 0.117.